The Kier molecular flexibility index (Phi) is 15.6. The van der Waals surface area contributed by atoms with Crippen molar-refractivity contribution in [2.75, 3.05) is 19.7 Å². The summed E-state index contributed by atoms with van der Waals surface area (Å²) in [5, 5.41) is 5.73. The van der Waals surface area contributed by atoms with Crippen molar-refractivity contribution >= 4 is 35.1 Å². The topological polar surface area (TPSA) is 87.7 Å². The van der Waals surface area contributed by atoms with Crippen molar-refractivity contribution in [3.63, 3.8) is 0 Å². The number of rotatable bonds is 17. The molecule has 1 aromatic rings. The summed E-state index contributed by atoms with van der Waals surface area (Å²) in [5.41, 5.74) is 1.08. The van der Waals surface area contributed by atoms with Gasteiger partial charge in [-0.3, -0.25) is 14.4 Å². The van der Waals surface area contributed by atoms with Crippen LogP contribution in [0.1, 0.15) is 96.0 Å². The quantitative estimate of drug-likeness (QED) is 0.166. The Morgan fingerprint density at radius 3 is 2.27 bits per heavy atom. The Balaban J connectivity index is 1.63. The third-order valence-corrected chi connectivity index (χ3v) is 7.04. The fourth-order valence-electron chi connectivity index (χ4n) is 4.51. The van der Waals surface area contributed by atoms with Gasteiger partial charge in [-0.15, -0.1) is 0 Å². The van der Waals surface area contributed by atoms with Crippen molar-refractivity contribution in [1.82, 2.24) is 15.5 Å². The zero-order chi connectivity index (χ0) is 26.7. The van der Waals surface area contributed by atoms with E-state index in [-0.39, 0.29) is 30.0 Å². The highest BCUT2D eigenvalue weighted by Gasteiger charge is 2.34. The molecule has 1 atom stereocenters. The fraction of sp³-hybridized carbons (Fsp3) is 0.655. The van der Waals surface area contributed by atoms with Crippen molar-refractivity contribution < 1.29 is 19.1 Å². The first-order chi connectivity index (χ1) is 18.0. The van der Waals surface area contributed by atoms with Gasteiger partial charge in [0.1, 0.15) is 6.04 Å². The van der Waals surface area contributed by atoms with Gasteiger partial charge in [0.15, 0.2) is 5.11 Å². The van der Waals surface area contributed by atoms with Crippen LogP contribution in [0.3, 0.4) is 0 Å². The molecule has 0 radical (unpaired) electrons. The number of piperazine rings is 1. The Morgan fingerprint density at radius 2 is 1.62 bits per heavy atom. The van der Waals surface area contributed by atoms with Crippen molar-refractivity contribution in [2.45, 2.75) is 103 Å². The molecule has 1 heterocycles. The van der Waals surface area contributed by atoms with Gasteiger partial charge in [0, 0.05) is 25.9 Å². The lowest BCUT2D eigenvalue weighted by Gasteiger charge is -2.36. The van der Waals surface area contributed by atoms with Crippen LogP contribution < -0.4 is 10.6 Å². The van der Waals surface area contributed by atoms with E-state index in [1.807, 2.05) is 30.3 Å². The second kappa shape index (κ2) is 18.7. The summed E-state index contributed by atoms with van der Waals surface area (Å²) in [6.45, 7) is 3.33. The van der Waals surface area contributed by atoms with Crippen LogP contribution in [-0.2, 0) is 25.5 Å². The number of benzene rings is 1. The van der Waals surface area contributed by atoms with Gasteiger partial charge < -0.3 is 20.3 Å². The molecule has 0 aromatic heterocycles. The molecule has 37 heavy (non-hydrogen) atoms. The molecular formula is C29H45N3O4S. The number of unbranched alkanes of at least 4 members (excludes halogenated alkanes) is 10. The van der Waals surface area contributed by atoms with Crippen molar-refractivity contribution in [2.24, 2.45) is 0 Å². The van der Waals surface area contributed by atoms with Crippen molar-refractivity contribution in [3.8, 4) is 0 Å². The minimum atomic E-state index is -0.784. The van der Waals surface area contributed by atoms with Gasteiger partial charge >= 0.3 is 5.97 Å². The van der Waals surface area contributed by atoms with Crippen LogP contribution in [-0.4, -0.2) is 53.5 Å². The molecule has 0 aliphatic carbocycles. The normalized spacial score (nSPS) is 15.2. The highest BCUT2D eigenvalue weighted by molar-refractivity contribution is 7.80. The molecule has 1 aliphatic heterocycles. The summed E-state index contributed by atoms with van der Waals surface area (Å²) in [7, 11) is 0. The van der Waals surface area contributed by atoms with Gasteiger partial charge in [-0.05, 0) is 24.2 Å². The number of carbonyl (C=O) groups is 3. The molecule has 1 aromatic carbocycles. The fourth-order valence-corrected chi connectivity index (χ4v) is 4.84. The molecule has 206 valence electrons. The van der Waals surface area contributed by atoms with Gasteiger partial charge in [-0.2, -0.15) is 0 Å². The van der Waals surface area contributed by atoms with Gasteiger partial charge in [0.2, 0.25) is 11.8 Å². The molecule has 2 amide bonds. The molecule has 1 fully saturated rings. The summed E-state index contributed by atoms with van der Waals surface area (Å²) >= 11 is 5.43. The first-order valence-corrected chi connectivity index (χ1v) is 14.5. The van der Waals surface area contributed by atoms with Crippen LogP contribution in [0.15, 0.2) is 30.3 Å². The van der Waals surface area contributed by atoms with Gasteiger partial charge in [-0.25, -0.2) is 0 Å². The maximum atomic E-state index is 12.5. The lowest BCUT2D eigenvalue weighted by atomic mass is 10.1. The monoisotopic (exact) mass is 531 g/mol. The summed E-state index contributed by atoms with van der Waals surface area (Å²) in [6, 6.07) is 8.98. The van der Waals surface area contributed by atoms with E-state index in [9.17, 15) is 14.4 Å². The Bertz CT molecular complexity index is 834. The van der Waals surface area contributed by atoms with Crippen LogP contribution in [0.5, 0.6) is 0 Å². The van der Waals surface area contributed by atoms with Crippen LogP contribution >= 0.6 is 12.2 Å². The number of hydrogen-bond donors (Lipinski definition) is 2. The average molecular weight is 532 g/mol. The first kappa shape index (κ1) is 30.7. The second-order valence-corrected chi connectivity index (χ2v) is 10.2. The van der Waals surface area contributed by atoms with Gasteiger partial charge in [0.05, 0.1) is 13.0 Å². The van der Waals surface area contributed by atoms with Gasteiger partial charge in [0.25, 0.3) is 0 Å². The van der Waals surface area contributed by atoms with E-state index < -0.39 is 12.0 Å². The number of nitrogens with zero attached hydrogens (tertiary/aromatic N) is 1. The predicted molar refractivity (Wildman–Crippen MR) is 151 cm³/mol. The largest absolute Gasteiger partial charge is 0.465 e. The number of esters is 1. The number of thiocarbonyl (C=S) groups is 1. The molecule has 8 heteroatoms. The van der Waals surface area contributed by atoms with Crippen molar-refractivity contribution in [3.05, 3.63) is 35.9 Å². The maximum absolute atomic E-state index is 12.5. The smallest absolute Gasteiger partial charge is 0.308 e. The summed E-state index contributed by atoms with van der Waals surface area (Å²) in [4.78, 5) is 38.9. The molecule has 2 N–H and O–H groups in total. The minimum absolute atomic E-state index is 0.116. The Hall–Kier alpha value is -2.48. The number of ether oxygens (including phenoxy) is 1. The van der Waals surface area contributed by atoms with E-state index in [1.165, 1.54) is 51.4 Å². The third-order valence-electron chi connectivity index (χ3n) is 6.70. The number of nitrogens with one attached hydrogen (secondary N) is 2. The van der Waals surface area contributed by atoms with E-state index in [0.29, 0.717) is 25.9 Å². The molecule has 0 spiro atoms. The van der Waals surface area contributed by atoms with E-state index in [0.717, 1.165) is 24.8 Å². The lowest BCUT2D eigenvalue weighted by molar-refractivity contribution is -0.147. The van der Waals surface area contributed by atoms with Crippen LogP contribution in [0.4, 0.5) is 0 Å². The highest BCUT2D eigenvalue weighted by atomic mass is 32.1. The Morgan fingerprint density at radius 1 is 1.00 bits per heavy atom. The van der Waals surface area contributed by atoms with Crippen LogP contribution in [0, 0.1) is 0 Å². The molecule has 0 saturated carbocycles. The molecule has 1 aliphatic rings. The van der Waals surface area contributed by atoms with Gasteiger partial charge in [-0.1, -0.05) is 101 Å². The molecular weight excluding hydrogens is 486 g/mol. The van der Waals surface area contributed by atoms with E-state index in [4.69, 9.17) is 17.0 Å². The minimum Gasteiger partial charge on any atom is -0.465 e. The molecule has 7 nitrogen and oxygen atoms in total. The third kappa shape index (κ3) is 13.0. The summed E-state index contributed by atoms with van der Waals surface area (Å²) in [6.07, 6.45) is 14.4. The number of amides is 2. The summed E-state index contributed by atoms with van der Waals surface area (Å²) < 4.78 is 5.35. The number of hydrogen-bond acceptors (Lipinski definition) is 5. The van der Waals surface area contributed by atoms with Crippen molar-refractivity contribution in [1.29, 1.82) is 0 Å². The maximum Gasteiger partial charge on any atom is 0.308 e. The van der Waals surface area contributed by atoms with Crippen LogP contribution in [0.25, 0.3) is 0 Å². The highest BCUT2D eigenvalue weighted by Crippen LogP contribution is 2.13. The second-order valence-electron chi connectivity index (χ2n) is 9.80. The molecule has 2 rings (SSSR count). The van der Waals surface area contributed by atoms with Crippen LogP contribution in [0.2, 0.25) is 0 Å². The molecule has 0 bridgehead atoms. The first-order valence-electron chi connectivity index (χ1n) is 14.1. The standard InChI is InChI=1S/C29H45N3O4S/c1-2-3-4-5-6-7-8-9-10-11-15-18-26(33)31-29(37)32-21-20-30-28(35)25(32)23-27(34)36-22-19-24-16-13-12-14-17-24/h12-14,16-17,25H,2-11,15,18-23H2,1H3,(H,30,35)(H,31,33,37). The molecule has 1 saturated heterocycles. The zero-order valence-electron chi connectivity index (χ0n) is 22.5. The van der Waals surface area contributed by atoms with E-state index in [2.05, 4.69) is 17.6 Å². The molecule has 1 unspecified atom stereocenters. The van der Waals surface area contributed by atoms with E-state index >= 15 is 0 Å². The zero-order valence-corrected chi connectivity index (χ0v) is 23.3. The Labute approximate surface area is 228 Å². The number of carbonyl (C=O) groups excluding carboxylic acids is 3. The average Bonchev–Trinajstić information content (AvgIpc) is 2.89. The SMILES string of the molecule is CCCCCCCCCCCCCC(=O)NC(=S)N1CCNC(=O)C1CC(=O)OCCc1ccccc1. The van der Waals surface area contributed by atoms with E-state index in [1.54, 1.807) is 4.90 Å². The lowest BCUT2D eigenvalue weighted by Crippen LogP contribution is -2.60. The summed E-state index contributed by atoms with van der Waals surface area (Å²) in [5.74, 6) is -0.887. The predicted octanol–water partition coefficient (Wildman–Crippen LogP) is 5.07.